The van der Waals surface area contributed by atoms with Gasteiger partial charge in [-0.05, 0) is 13.0 Å². The summed E-state index contributed by atoms with van der Waals surface area (Å²) < 4.78 is 12.5. The molecule has 0 aromatic heterocycles. The van der Waals surface area contributed by atoms with E-state index in [1.54, 1.807) is 0 Å². The number of aromatic hydroxyl groups is 1. The molecule has 4 heteroatoms. The highest BCUT2D eigenvalue weighted by atomic mass is 19.1. The van der Waals surface area contributed by atoms with Gasteiger partial charge in [0.2, 0.25) is 0 Å². The third-order valence-corrected chi connectivity index (χ3v) is 1.87. The zero-order valence-corrected chi connectivity index (χ0v) is 7.24. The fraction of sp³-hybridized carbons (Fsp3) is 0.333. The van der Waals surface area contributed by atoms with E-state index in [9.17, 15) is 9.50 Å². The quantitative estimate of drug-likeness (QED) is 0.641. The second kappa shape index (κ2) is 3.72. The number of nitrogens with two attached hydrogens (primary N) is 1. The smallest absolute Gasteiger partial charge is 0.126 e. The number of hydrogen-bond acceptors (Lipinski definition) is 3. The van der Waals surface area contributed by atoms with Crippen molar-refractivity contribution < 1.29 is 14.6 Å². The Bertz CT molecular complexity index is 302. The predicted octanol–water partition coefficient (Wildman–Crippen LogP) is 0.912. The van der Waals surface area contributed by atoms with E-state index in [2.05, 4.69) is 0 Å². The average Bonchev–Trinajstić information content (AvgIpc) is 2.03. The van der Waals surface area contributed by atoms with Crippen LogP contribution in [0.1, 0.15) is 18.5 Å². The fourth-order valence-corrected chi connectivity index (χ4v) is 1.06. The minimum Gasteiger partial charge on any atom is -0.508 e. The number of benzene rings is 1. The maximum atomic E-state index is 12.5. The summed E-state index contributed by atoms with van der Waals surface area (Å²) in [6, 6.07) is 2.83. The van der Waals surface area contributed by atoms with Crippen LogP contribution in [0.5, 0.6) is 5.75 Å². The second-order valence-electron chi connectivity index (χ2n) is 2.97. The number of halogens is 1. The van der Waals surface area contributed by atoms with Gasteiger partial charge in [-0.15, -0.1) is 0 Å². The SMILES string of the molecule is C[C@H](O)[C@@H](N)c1ccc(F)cc1O. The Morgan fingerprint density at radius 2 is 2.08 bits per heavy atom. The van der Waals surface area contributed by atoms with Crippen molar-refractivity contribution in [2.75, 3.05) is 0 Å². The normalized spacial score (nSPS) is 15.4. The van der Waals surface area contributed by atoms with Crippen molar-refractivity contribution in [1.29, 1.82) is 0 Å². The standard InChI is InChI=1S/C9H12FNO2/c1-5(12)9(11)7-3-2-6(10)4-8(7)13/h2-5,9,12-13H,11H2,1H3/t5-,9+/m0/s1. The molecule has 0 aliphatic heterocycles. The zero-order valence-electron chi connectivity index (χ0n) is 7.24. The van der Waals surface area contributed by atoms with Gasteiger partial charge < -0.3 is 15.9 Å². The molecule has 0 heterocycles. The van der Waals surface area contributed by atoms with E-state index < -0.39 is 18.0 Å². The van der Waals surface area contributed by atoms with Crippen LogP contribution in [0.4, 0.5) is 4.39 Å². The predicted molar refractivity (Wildman–Crippen MR) is 46.7 cm³/mol. The summed E-state index contributed by atoms with van der Waals surface area (Å²) in [7, 11) is 0. The van der Waals surface area contributed by atoms with Crippen molar-refractivity contribution in [2.45, 2.75) is 19.1 Å². The molecule has 1 rings (SSSR count). The first kappa shape index (κ1) is 9.95. The summed E-state index contributed by atoms with van der Waals surface area (Å²) in [6.45, 7) is 1.51. The van der Waals surface area contributed by atoms with E-state index in [4.69, 9.17) is 10.8 Å². The van der Waals surface area contributed by atoms with Gasteiger partial charge in [0.05, 0.1) is 12.1 Å². The molecular weight excluding hydrogens is 173 g/mol. The zero-order chi connectivity index (χ0) is 10.0. The second-order valence-corrected chi connectivity index (χ2v) is 2.97. The minimum atomic E-state index is -0.781. The molecule has 0 bridgehead atoms. The van der Waals surface area contributed by atoms with Crippen LogP contribution in [0.3, 0.4) is 0 Å². The number of aliphatic hydroxyl groups is 1. The van der Waals surface area contributed by atoms with Crippen LogP contribution in [-0.2, 0) is 0 Å². The summed E-state index contributed by atoms with van der Waals surface area (Å²) in [5, 5.41) is 18.4. The lowest BCUT2D eigenvalue weighted by Gasteiger charge is -2.16. The molecule has 13 heavy (non-hydrogen) atoms. The van der Waals surface area contributed by atoms with Gasteiger partial charge in [-0.3, -0.25) is 0 Å². The third-order valence-electron chi connectivity index (χ3n) is 1.87. The van der Waals surface area contributed by atoms with E-state index in [0.717, 1.165) is 6.07 Å². The van der Waals surface area contributed by atoms with E-state index in [-0.39, 0.29) is 5.75 Å². The molecule has 0 fully saturated rings. The molecule has 1 aromatic carbocycles. The molecule has 0 spiro atoms. The maximum absolute atomic E-state index is 12.5. The molecule has 0 saturated heterocycles. The van der Waals surface area contributed by atoms with Gasteiger partial charge in [0.1, 0.15) is 11.6 Å². The molecule has 72 valence electrons. The summed E-state index contributed by atoms with van der Waals surface area (Å²) in [5.41, 5.74) is 5.90. The lowest BCUT2D eigenvalue weighted by Crippen LogP contribution is -2.23. The Balaban J connectivity index is 3.01. The average molecular weight is 185 g/mol. The molecular formula is C9H12FNO2. The third kappa shape index (κ3) is 2.17. The van der Waals surface area contributed by atoms with Gasteiger partial charge in [-0.25, -0.2) is 4.39 Å². The van der Waals surface area contributed by atoms with E-state index in [0.29, 0.717) is 5.56 Å². The van der Waals surface area contributed by atoms with Gasteiger partial charge in [0, 0.05) is 11.6 Å². The lowest BCUT2D eigenvalue weighted by molar-refractivity contribution is 0.162. The molecule has 1 aromatic rings. The first-order valence-electron chi connectivity index (χ1n) is 3.94. The number of aliphatic hydroxyl groups excluding tert-OH is 1. The summed E-state index contributed by atoms with van der Waals surface area (Å²) >= 11 is 0. The van der Waals surface area contributed by atoms with Crippen LogP contribution in [0.15, 0.2) is 18.2 Å². The van der Waals surface area contributed by atoms with Crippen molar-refractivity contribution in [1.82, 2.24) is 0 Å². The number of phenols is 1. The van der Waals surface area contributed by atoms with Gasteiger partial charge in [-0.2, -0.15) is 0 Å². The first-order chi connectivity index (χ1) is 6.02. The largest absolute Gasteiger partial charge is 0.508 e. The lowest BCUT2D eigenvalue weighted by atomic mass is 10.0. The van der Waals surface area contributed by atoms with Crippen LogP contribution in [-0.4, -0.2) is 16.3 Å². The summed E-state index contributed by atoms with van der Waals surface area (Å²) in [6.07, 6.45) is -0.781. The molecule has 0 radical (unpaired) electrons. The number of rotatable bonds is 2. The molecule has 2 atom stereocenters. The van der Waals surface area contributed by atoms with Gasteiger partial charge in [0.15, 0.2) is 0 Å². The van der Waals surface area contributed by atoms with E-state index in [1.807, 2.05) is 0 Å². The van der Waals surface area contributed by atoms with Gasteiger partial charge in [0.25, 0.3) is 0 Å². The monoisotopic (exact) mass is 185 g/mol. The van der Waals surface area contributed by atoms with Crippen molar-refractivity contribution in [2.24, 2.45) is 5.73 Å². The molecule has 3 nitrogen and oxygen atoms in total. The topological polar surface area (TPSA) is 66.5 Å². The summed E-state index contributed by atoms with van der Waals surface area (Å²) in [4.78, 5) is 0. The Morgan fingerprint density at radius 1 is 1.46 bits per heavy atom. The van der Waals surface area contributed by atoms with Crippen molar-refractivity contribution in [3.05, 3.63) is 29.6 Å². The first-order valence-corrected chi connectivity index (χ1v) is 3.94. The molecule has 4 N–H and O–H groups in total. The summed E-state index contributed by atoms with van der Waals surface area (Å²) in [5.74, 6) is -0.757. The van der Waals surface area contributed by atoms with Crippen LogP contribution in [0.2, 0.25) is 0 Å². The highest BCUT2D eigenvalue weighted by Crippen LogP contribution is 2.25. The van der Waals surface area contributed by atoms with E-state index in [1.165, 1.54) is 19.1 Å². The van der Waals surface area contributed by atoms with Gasteiger partial charge in [-0.1, -0.05) is 6.07 Å². The van der Waals surface area contributed by atoms with Crippen LogP contribution < -0.4 is 5.73 Å². The molecule has 0 unspecified atom stereocenters. The minimum absolute atomic E-state index is 0.228. The van der Waals surface area contributed by atoms with Crippen LogP contribution in [0, 0.1) is 5.82 Å². The Hall–Kier alpha value is -1.13. The molecule has 0 aliphatic carbocycles. The van der Waals surface area contributed by atoms with Crippen molar-refractivity contribution >= 4 is 0 Å². The maximum Gasteiger partial charge on any atom is 0.126 e. The highest BCUT2D eigenvalue weighted by molar-refractivity contribution is 5.35. The van der Waals surface area contributed by atoms with Crippen LogP contribution >= 0.6 is 0 Å². The number of hydrogen-bond donors (Lipinski definition) is 3. The Labute approximate surface area is 75.6 Å². The Kier molecular flexibility index (Phi) is 2.85. The molecule has 0 amide bonds. The highest BCUT2D eigenvalue weighted by Gasteiger charge is 2.15. The molecule has 0 aliphatic rings. The Morgan fingerprint density at radius 3 is 2.54 bits per heavy atom. The van der Waals surface area contributed by atoms with Crippen molar-refractivity contribution in [3.63, 3.8) is 0 Å². The van der Waals surface area contributed by atoms with E-state index >= 15 is 0 Å². The van der Waals surface area contributed by atoms with Crippen LogP contribution in [0.25, 0.3) is 0 Å². The molecule has 0 saturated carbocycles. The van der Waals surface area contributed by atoms with Crippen molar-refractivity contribution in [3.8, 4) is 5.75 Å². The van der Waals surface area contributed by atoms with Gasteiger partial charge >= 0.3 is 0 Å². The number of phenolic OH excluding ortho intramolecular Hbond substituents is 1. The fourth-order valence-electron chi connectivity index (χ4n) is 1.06.